The van der Waals surface area contributed by atoms with Gasteiger partial charge in [-0.25, -0.2) is 17.2 Å². The topological polar surface area (TPSA) is 46.2 Å². The second-order valence-electron chi connectivity index (χ2n) is 4.58. The Bertz CT molecular complexity index is 790. The van der Waals surface area contributed by atoms with Crippen LogP contribution in [0.25, 0.3) is 0 Å². The normalized spacial score (nSPS) is 11.5. The highest BCUT2D eigenvalue weighted by atomic mass is 79.9. The highest BCUT2D eigenvalue weighted by molar-refractivity contribution is 9.10. The molecule has 1 N–H and O–H groups in total. The number of nitrogens with one attached hydrogen (secondary N) is 1. The Labute approximate surface area is 130 Å². The van der Waals surface area contributed by atoms with Crippen molar-refractivity contribution in [1.29, 1.82) is 0 Å². The molecule has 0 bridgehead atoms. The summed E-state index contributed by atoms with van der Waals surface area (Å²) in [5.41, 5.74) is 0.341. The van der Waals surface area contributed by atoms with Gasteiger partial charge in [0.15, 0.2) is 5.82 Å². The number of rotatable bonds is 3. The van der Waals surface area contributed by atoms with Gasteiger partial charge in [-0.05, 0) is 48.0 Å². The van der Waals surface area contributed by atoms with Crippen LogP contribution in [0.5, 0.6) is 0 Å². The molecule has 0 aliphatic heterocycles. The molecule has 2 aromatic rings. The lowest BCUT2D eigenvalue weighted by molar-refractivity contribution is 0.565. The van der Waals surface area contributed by atoms with E-state index in [1.807, 2.05) is 6.92 Å². The Hall–Kier alpha value is -1.47. The molecule has 3 nitrogen and oxygen atoms in total. The molecule has 0 fully saturated rings. The molecule has 0 aliphatic rings. The minimum Gasteiger partial charge on any atom is -0.277 e. The number of hydrogen-bond donors (Lipinski definition) is 1. The molecule has 112 valence electrons. The van der Waals surface area contributed by atoms with Crippen LogP contribution in [0.15, 0.2) is 39.7 Å². The van der Waals surface area contributed by atoms with Crippen LogP contribution in [-0.2, 0) is 10.0 Å². The zero-order chi connectivity index (χ0) is 15.8. The van der Waals surface area contributed by atoms with Gasteiger partial charge in [0.1, 0.15) is 5.82 Å². The van der Waals surface area contributed by atoms with Crippen molar-refractivity contribution >= 4 is 31.6 Å². The van der Waals surface area contributed by atoms with Crippen LogP contribution in [0.2, 0.25) is 0 Å². The van der Waals surface area contributed by atoms with Crippen molar-refractivity contribution in [3.05, 3.63) is 57.6 Å². The van der Waals surface area contributed by atoms with Gasteiger partial charge in [-0.1, -0.05) is 17.7 Å². The zero-order valence-electron chi connectivity index (χ0n) is 11.2. The smallest absolute Gasteiger partial charge is 0.261 e. The van der Waals surface area contributed by atoms with E-state index in [1.54, 1.807) is 12.1 Å². The quantitative estimate of drug-likeness (QED) is 0.819. The summed E-state index contributed by atoms with van der Waals surface area (Å²) in [5, 5.41) is 0. The van der Waals surface area contributed by atoms with Gasteiger partial charge >= 0.3 is 0 Å². The van der Waals surface area contributed by atoms with Crippen LogP contribution in [0.1, 0.15) is 11.1 Å². The molecular formula is C14H12BrF2NO2S. The van der Waals surface area contributed by atoms with E-state index in [2.05, 4.69) is 20.7 Å². The molecule has 21 heavy (non-hydrogen) atoms. The molecule has 0 unspecified atom stereocenters. The molecular weight excluding hydrogens is 364 g/mol. The average Bonchev–Trinajstić information content (AvgIpc) is 2.42. The van der Waals surface area contributed by atoms with Gasteiger partial charge in [0, 0.05) is 5.56 Å². The fraction of sp³-hybridized carbons (Fsp3) is 0.143. The molecule has 7 heteroatoms. The molecule has 2 rings (SSSR count). The summed E-state index contributed by atoms with van der Waals surface area (Å²) in [6.45, 7) is 3.06. The van der Waals surface area contributed by atoms with Gasteiger partial charge in [0.2, 0.25) is 0 Å². The predicted molar refractivity (Wildman–Crippen MR) is 80.8 cm³/mol. The lowest BCUT2D eigenvalue weighted by Gasteiger charge is -2.12. The number of benzene rings is 2. The molecule has 0 aliphatic carbocycles. The van der Waals surface area contributed by atoms with E-state index in [0.717, 1.165) is 11.6 Å². The molecule has 2 aromatic carbocycles. The maximum absolute atomic E-state index is 14.0. The summed E-state index contributed by atoms with van der Waals surface area (Å²) >= 11 is 2.93. The molecule has 0 saturated carbocycles. The second-order valence-corrected chi connectivity index (χ2v) is 7.11. The van der Waals surface area contributed by atoms with E-state index in [4.69, 9.17) is 0 Å². The van der Waals surface area contributed by atoms with Crippen LogP contribution in [-0.4, -0.2) is 8.42 Å². The van der Waals surface area contributed by atoms with Crippen LogP contribution >= 0.6 is 15.9 Å². The number of sulfonamides is 1. The first-order valence-electron chi connectivity index (χ1n) is 5.96. The second kappa shape index (κ2) is 5.73. The Morgan fingerprint density at radius 1 is 1.05 bits per heavy atom. The minimum absolute atomic E-state index is 0.00519. The van der Waals surface area contributed by atoms with E-state index in [0.29, 0.717) is 0 Å². The minimum atomic E-state index is -3.93. The zero-order valence-corrected chi connectivity index (χ0v) is 13.6. The molecule has 0 spiro atoms. The maximum Gasteiger partial charge on any atom is 0.261 e. The molecule has 0 saturated heterocycles. The number of hydrogen-bond acceptors (Lipinski definition) is 2. The molecule has 0 atom stereocenters. The lowest BCUT2D eigenvalue weighted by Crippen LogP contribution is -2.14. The summed E-state index contributed by atoms with van der Waals surface area (Å²) in [5.74, 6) is -1.70. The van der Waals surface area contributed by atoms with E-state index in [9.17, 15) is 17.2 Å². The molecule has 0 radical (unpaired) electrons. The van der Waals surface area contributed by atoms with Crippen molar-refractivity contribution in [2.75, 3.05) is 4.72 Å². The van der Waals surface area contributed by atoms with E-state index < -0.39 is 21.7 Å². The van der Waals surface area contributed by atoms with E-state index in [1.165, 1.54) is 19.1 Å². The van der Waals surface area contributed by atoms with Crippen molar-refractivity contribution < 1.29 is 17.2 Å². The van der Waals surface area contributed by atoms with Gasteiger partial charge in [0.05, 0.1) is 15.1 Å². The third-order valence-corrected chi connectivity index (χ3v) is 4.91. The molecule has 0 heterocycles. The summed E-state index contributed by atoms with van der Waals surface area (Å²) in [6, 6.07) is 7.17. The first-order valence-corrected chi connectivity index (χ1v) is 8.23. The van der Waals surface area contributed by atoms with Crippen molar-refractivity contribution in [3.63, 3.8) is 0 Å². The Morgan fingerprint density at radius 3 is 2.19 bits per heavy atom. The standard InChI is InChI=1S/C14H12BrF2NO2S/c1-8-3-5-10(6-4-8)21(19,20)18-12-7-11(15)13(16)9(2)14(12)17/h3-7,18H,1-2H3. The Kier molecular flexibility index (Phi) is 4.34. The summed E-state index contributed by atoms with van der Waals surface area (Å²) in [7, 11) is -3.93. The maximum atomic E-state index is 14.0. The van der Waals surface area contributed by atoms with Crippen LogP contribution in [0, 0.1) is 25.5 Å². The number of anilines is 1. The van der Waals surface area contributed by atoms with Gasteiger partial charge in [-0.3, -0.25) is 4.72 Å². The third kappa shape index (κ3) is 3.24. The lowest BCUT2D eigenvalue weighted by atomic mass is 10.2. The van der Waals surface area contributed by atoms with Crippen molar-refractivity contribution in [2.45, 2.75) is 18.7 Å². The van der Waals surface area contributed by atoms with Gasteiger partial charge in [0.25, 0.3) is 10.0 Å². The largest absolute Gasteiger partial charge is 0.277 e. The van der Waals surface area contributed by atoms with Crippen molar-refractivity contribution in [1.82, 2.24) is 0 Å². The van der Waals surface area contributed by atoms with E-state index >= 15 is 0 Å². The SMILES string of the molecule is Cc1ccc(S(=O)(=O)Nc2cc(Br)c(F)c(C)c2F)cc1. The van der Waals surface area contributed by atoms with Crippen LogP contribution < -0.4 is 4.72 Å². The monoisotopic (exact) mass is 375 g/mol. The molecule has 0 aromatic heterocycles. The third-order valence-electron chi connectivity index (χ3n) is 2.95. The number of aryl methyl sites for hydroxylation is 1. The Morgan fingerprint density at radius 2 is 1.62 bits per heavy atom. The number of halogens is 3. The first-order chi connectivity index (χ1) is 9.72. The predicted octanol–water partition coefficient (Wildman–Crippen LogP) is 4.14. The van der Waals surface area contributed by atoms with Gasteiger partial charge in [-0.2, -0.15) is 0 Å². The van der Waals surface area contributed by atoms with Gasteiger partial charge < -0.3 is 0 Å². The average molecular weight is 376 g/mol. The van der Waals surface area contributed by atoms with Crippen molar-refractivity contribution in [2.24, 2.45) is 0 Å². The van der Waals surface area contributed by atoms with Crippen LogP contribution in [0.4, 0.5) is 14.5 Å². The highest BCUT2D eigenvalue weighted by Crippen LogP contribution is 2.29. The van der Waals surface area contributed by atoms with E-state index in [-0.39, 0.29) is 20.6 Å². The van der Waals surface area contributed by atoms with Crippen molar-refractivity contribution in [3.8, 4) is 0 Å². The first kappa shape index (κ1) is 15.9. The fourth-order valence-corrected chi connectivity index (χ4v) is 3.30. The fourth-order valence-electron chi connectivity index (χ4n) is 1.73. The highest BCUT2D eigenvalue weighted by Gasteiger charge is 2.20. The summed E-state index contributed by atoms with van der Waals surface area (Å²) < 4.78 is 54.0. The van der Waals surface area contributed by atoms with Gasteiger partial charge in [-0.15, -0.1) is 0 Å². The summed E-state index contributed by atoms with van der Waals surface area (Å²) in [6.07, 6.45) is 0. The molecule has 0 amide bonds. The van der Waals surface area contributed by atoms with Crippen LogP contribution in [0.3, 0.4) is 0 Å². The summed E-state index contributed by atoms with van der Waals surface area (Å²) in [4.78, 5) is 0.00519. The Balaban J connectivity index is 2.44.